The normalized spacial score (nSPS) is 25.0. The molecule has 1 amide bonds. The van der Waals surface area contributed by atoms with Crippen LogP contribution in [0.4, 0.5) is 0 Å². The van der Waals surface area contributed by atoms with Gasteiger partial charge >= 0.3 is 0 Å². The maximum Gasteiger partial charge on any atom is 0.292 e. The van der Waals surface area contributed by atoms with Crippen molar-refractivity contribution in [2.24, 2.45) is 17.6 Å². The molecule has 1 aromatic heterocycles. The molecule has 17 heavy (non-hydrogen) atoms. The van der Waals surface area contributed by atoms with Crippen LogP contribution in [0.25, 0.3) is 0 Å². The summed E-state index contributed by atoms with van der Waals surface area (Å²) >= 11 is 0. The first-order chi connectivity index (χ1) is 8.11. The lowest BCUT2D eigenvalue weighted by molar-refractivity contribution is 0.0578. The largest absolute Gasteiger partial charge is 0.351 e. The van der Waals surface area contributed by atoms with Gasteiger partial charge in [-0.15, -0.1) is 0 Å². The molecule has 2 unspecified atom stereocenters. The first kappa shape index (κ1) is 12.1. The van der Waals surface area contributed by atoms with E-state index in [9.17, 15) is 4.79 Å². The molecule has 0 aliphatic carbocycles. The average molecular weight is 237 g/mol. The Balaban J connectivity index is 2.05. The van der Waals surface area contributed by atoms with Crippen LogP contribution in [0.5, 0.6) is 0 Å². The minimum atomic E-state index is -0.0732. The molecule has 1 aliphatic rings. The zero-order valence-electron chi connectivity index (χ0n) is 10.3. The molecule has 2 N–H and O–H groups in total. The molecule has 0 saturated carbocycles. The molecule has 2 heterocycles. The summed E-state index contributed by atoms with van der Waals surface area (Å²) in [6, 6.07) is 1.68. The van der Waals surface area contributed by atoms with Crippen LogP contribution in [0.2, 0.25) is 0 Å². The maximum absolute atomic E-state index is 12.1. The molecule has 0 bridgehead atoms. The zero-order valence-corrected chi connectivity index (χ0v) is 10.3. The fourth-order valence-electron chi connectivity index (χ4n) is 2.26. The van der Waals surface area contributed by atoms with Gasteiger partial charge in [-0.05, 0) is 31.7 Å². The maximum atomic E-state index is 12.1. The van der Waals surface area contributed by atoms with Crippen LogP contribution >= 0.6 is 0 Å². The van der Waals surface area contributed by atoms with Crippen molar-refractivity contribution in [3.05, 3.63) is 17.5 Å². The van der Waals surface area contributed by atoms with Crippen molar-refractivity contribution in [1.82, 2.24) is 10.1 Å². The monoisotopic (exact) mass is 237 g/mol. The molecule has 1 saturated heterocycles. The number of hydrogen-bond donors (Lipinski definition) is 1. The van der Waals surface area contributed by atoms with E-state index in [2.05, 4.69) is 12.1 Å². The van der Waals surface area contributed by atoms with Crippen LogP contribution in [-0.4, -0.2) is 35.6 Å². The van der Waals surface area contributed by atoms with Crippen LogP contribution in [0.3, 0.4) is 0 Å². The highest BCUT2D eigenvalue weighted by molar-refractivity contribution is 5.91. The average Bonchev–Trinajstić information content (AvgIpc) is 2.75. The Hall–Kier alpha value is -1.36. The number of nitrogens with zero attached hydrogens (tertiary/aromatic N) is 2. The first-order valence-electron chi connectivity index (χ1n) is 6.04. The van der Waals surface area contributed by atoms with Crippen molar-refractivity contribution >= 4 is 5.91 Å². The van der Waals surface area contributed by atoms with E-state index in [-0.39, 0.29) is 5.91 Å². The van der Waals surface area contributed by atoms with Crippen molar-refractivity contribution in [1.29, 1.82) is 0 Å². The van der Waals surface area contributed by atoms with Gasteiger partial charge in [0.1, 0.15) is 0 Å². The molecule has 5 heteroatoms. The first-order valence-corrected chi connectivity index (χ1v) is 6.04. The predicted molar refractivity (Wildman–Crippen MR) is 63.5 cm³/mol. The van der Waals surface area contributed by atoms with Gasteiger partial charge in [0.05, 0.1) is 5.69 Å². The number of hydrogen-bond acceptors (Lipinski definition) is 4. The van der Waals surface area contributed by atoms with E-state index in [0.717, 1.165) is 25.2 Å². The Bertz CT molecular complexity index is 402. The second kappa shape index (κ2) is 4.87. The van der Waals surface area contributed by atoms with E-state index in [4.69, 9.17) is 10.3 Å². The van der Waals surface area contributed by atoms with Crippen LogP contribution in [0, 0.1) is 18.8 Å². The number of carbonyl (C=O) groups is 1. The zero-order chi connectivity index (χ0) is 12.4. The van der Waals surface area contributed by atoms with Crippen LogP contribution in [-0.2, 0) is 0 Å². The summed E-state index contributed by atoms with van der Waals surface area (Å²) in [6.45, 7) is 6.12. The number of rotatable bonds is 2. The van der Waals surface area contributed by atoms with E-state index in [1.54, 1.807) is 13.0 Å². The standard InChI is InChI=1S/C12H19N3O2/c1-8-3-4-15(7-10(8)6-13)12(16)11-5-9(2)14-17-11/h5,8,10H,3-4,6-7,13H2,1-2H3. The van der Waals surface area contributed by atoms with Crippen molar-refractivity contribution in [2.45, 2.75) is 20.3 Å². The van der Waals surface area contributed by atoms with Gasteiger partial charge in [0.15, 0.2) is 0 Å². The lowest BCUT2D eigenvalue weighted by Gasteiger charge is -2.35. The Labute approximate surface area is 101 Å². The van der Waals surface area contributed by atoms with Crippen molar-refractivity contribution in [3.8, 4) is 0 Å². The summed E-state index contributed by atoms with van der Waals surface area (Å²) in [5, 5.41) is 3.74. The summed E-state index contributed by atoms with van der Waals surface area (Å²) in [4.78, 5) is 13.9. The molecule has 2 atom stereocenters. The second-order valence-corrected chi connectivity index (χ2v) is 4.85. The van der Waals surface area contributed by atoms with Gasteiger partial charge in [-0.2, -0.15) is 0 Å². The molecule has 1 fully saturated rings. The second-order valence-electron chi connectivity index (χ2n) is 4.85. The van der Waals surface area contributed by atoms with Gasteiger partial charge in [-0.3, -0.25) is 4.79 Å². The number of amides is 1. The Morgan fingerprint density at radius 3 is 3.06 bits per heavy atom. The highest BCUT2D eigenvalue weighted by atomic mass is 16.5. The fraction of sp³-hybridized carbons (Fsp3) is 0.667. The number of aromatic nitrogens is 1. The Morgan fingerprint density at radius 2 is 2.47 bits per heavy atom. The Morgan fingerprint density at radius 1 is 1.71 bits per heavy atom. The van der Waals surface area contributed by atoms with E-state index >= 15 is 0 Å². The smallest absolute Gasteiger partial charge is 0.292 e. The van der Waals surface area contributed by atoms with E-state index in [1.807, 2.05) is 4.90 Å². The molecule has 94 valence electrons. The molecular formula is C12H19N3O2. The molecular weight excluding hydrogens is 218 g/mol. The topological polar surface area (TPSA) is 72.4 Å². The molecule has 2 rings (SSSR count). The van der Waals surface area contributed by atoms with Crippen molar-refractivity contribution in [2.75, 3.05) is 19.6 Å². The molecule has 5 nitrogen and oxygen atoms in total. The van der Waals surface area contributed by atoms with Gasteiger partial charge < -0.3 is 15.2 Å². The third kappa shape index (κ3) is 2.49. The van der Waals surface area contributed by atoms with E-state index in [0.29, 0.717) is 24.1 Å². The summed E-state index contributed by atoms with van der Waals surface area (Å²) in [6.07, 6.45) is 1.00. The van der Waals surface area contributed by atoms with Crippen molar-refractivity contribution < 1.29 is 9.32 Å². The number of aryl methyl sites for hydroxylation is 1. The van der Waals surface area contributed by atoms with Crippen LogP contribution in [0.1, 0.15) is 29.6 Å². The summed E-state index contributed by atoms with van der Waals surface area (Å²) in [7, 11) is 0. The minimum absolute atomic E-state index is 0.0732. The lowest BCUT2D eigenvalue weighted by Crippen LogP contribution is -2.45. The molecule has 1 aromatic rings. The summed E-state index contributed by atoms with van der Waals surface area (Å²) in [5.74, 6) is 1.22. The molecule has 1 aliphatic heterocycles. The highest BCUT2D eigenvalue weighted by Gasteiger charge is 2.29. The number of piperidine rings is 1. The fourth-order valence-corrected chi connectivity index (χ4v) is 2.26. The third-order valence-corrected chi connectivity index (χ3v) is 3.54. The quantitative estimate of drug-likeness (QED) is 0.834. The Kier molecular flexibility index (Phi) is 3.47. The lowest BCUT2D eigenvalue weighted by atomic mass is 9.87. The van der Waals surface area contributed by atoms with Gasteiger partial charge in [-0.25, -0.2) is 0 Å². The number of likely N-dealkylation sites (tertiary alicyclic amines) is 1. The molecule has 0 spiro atoms. The van der Waals surface area contributed by atoms with Gasteiger partial charge in [0.2, 0.25) is 5.76 Å². The SMILES string of the molecule is Cc1cc(C(=O)N2CCC(C)C(CN)C2)on1. The van der Waals surface area contributed by atoms with E-state index in [1.165, 1.54) is 0 Å². The third-order valence-electron chi connectivity index (χ3n) is 3.54. The minimum Gasteiger partial charge on any atom is -0.351 e. The van der Waals surface area contributed by atoms with Gasteiger partial charge in [0.25, 0.3) is 5.91 Å². The molecule has 0 radical (unpaired) electrons. The number of nitrogens with two attached hydrogens (primary N) is 1. The predicted octanol–water partition coefficient (Wildman–Crippen LogP) is 1.04. The van der Waals surface area contributed by atoms with Crippen LogP contribution < -0.4 is 5.73 Å². The van der Waals surface area contributed by atoms with Gasteiger partial charge in [-0.1, -0.05) is 12.1 Å². The van der Waals surface area contributed by atoms with Crippen LogP contribution in [0.15, 0.2) is 10.6 Å². The van der Waals surface area contributed by atoms with Gasteiger partial charge in [0, 0.05) is 19.2 Å². The van der Waals surface area contributed by atoms with E-state index < -0.39 is 0 Å². The van der Waals surface area contributed by atoms with Crippen molar-refractivity contribution in [3.63, 3.8) is 0 Å². The highest BCUT2D eigenvalue weighted by Crippen LogP contribution is 2.23. The molecule has 0 aromatic carbocycles. The summed E-state index contributed by atoms with van der Waals surface area (Å²) in [5.41, 5.74) is 6.46. The summed E-state index contributed by atoms with van der Waals surface area (Å²) < 4.78 is 5.00. The number of carbonyl (C=O) groups excluding carboxylic acids is 1.